The van der Waals surface area contributed by atoms with Gasteiger partial charge in [-0.1, -0.05) is 17.7 Å². The Balaban J connectivity index is 1.96. The largest absolute Gasteiger partial charge is 0.493 e. The van der Waals surface area contributed by atoms with Crippen LogP contribution in [0.1, 0.15) is 39.5 Å². The summed E-state index contributed by atoms with van der Waals surface area (Å²) in [6.07, 6.45) is 10.1. The molecule has 0 aromatic heterocycles. The van der Waals surface area contributed by atoms with E-state index in [1.165, 1.54) is 5.57 Å². The maximum absolute atomic E-state index is 12.0. The summed E-state index contributed by atoms with van der Waals surface area (Å²) in [5, 5.41) is 0. The fraction of sp³-hybridized carbons (Fsp3) is 0.533. The standard InChI is InChI=1S/C15H20O2/c1-11(2)5-4-10-17-14-9-8-12-6-3-7-13(14)15(12)16/h5,8-9,12H,3-4,6-7,10H2,1-2H3. The van der Waals surface area contributed by atoms with Crippen molar-refractivity contribution in [3.8, 4) is 0 Å². The third kappa shape index (κ3) is 2.87. The summed E-state index contributed by atoms with van der Waals surface area (Å²) in [6.45, 7) is 4.82. The van der Waals surface area contributed by atoms with Gasteiger partial charge < -0.3 is 4.74 Å². The Hall–Kier alpha value is -1.31. The van der Waals surface area contributed by atoms with E-state index < -0.39 is 0 Å². The Kier molecular flexibility index (Phi) is 3.82. The molecule has 2 aliphatic rings. The first-order valence-corrected chi connectivity index (χ1v) is 6.40. The fourth-order valence-corrected chi connectivity index (χ4v) is 2.36. The molecule has 0 spiro atoms. The van der Waals surface area contributed by atoms with E-state index in [9.17, 15) is 4.79 Å². The van der Waals surface area contributed by atoms with Crippen LogP contribution in [0.4, 0.5) is 0 Å². The van der Waals surface area contributed by atoms with Crippen LogP contribution in [0.5, 0.6) is 0 Å². The van der Waals surface area contributed by atoms with Crippen LogP contribution in [-0.2, 0) is 9.53 Å². The molecule has 2 rings (SSSR count). The molecule has 2 aliphatic carbocycles. The van der Waals surface area contributed by atoms with E-state index in [2.05, 4.69) is 19.9 Å². The molecule has 0 radical (unpaired) electrons. The van der Waals surface area contributed by atoms with Gasteiger partial charge in [-0.25, -0.2) is 0 Å². The minimum absolute atomic E-state index is 0.129. The van der Waals surface area contributed by atoms with Crippen LogP contribution in [0, 0.1) is 5.92 Å². The Morgan fingerprint density at radius 1 is 1.53 bits per heavy atom. The normalized spacial score (nSPS) is 22.7. The van der Waals surface area contributed by atoms with Crippen LogP contribution in [0.15, 0.2) is 35.1 Å². The molecule has 92 valence electrons. The van der Waals surface area contributed by atoms with Gasteiger partial charge in [-0.05, 0) is 45.6 Å². The molecule has 1 saturated carbocycles. The van der Waals surface area contributed by atoms with Crippen molar-refractivity contribution in [1.29, 1.82) is 0 Å². The number of Topliss-reactive ketones (excluding diaryl/α,β-unsaturated/α-hetero) is 1. The van der Waals surface area contributed by atoms with Crippen LogP contribution in [0.2, 0.25) is 0 Å². The highest BCUT2D eigenvalue weighted by Crippen LogP contribution is 2.33. The minimum atomic E-state index is 0.129. The highest BCUT2D eigenvalue weighted by molar-refractivity contribution is 6.00. The fourth-order valence-electron chi connectivity index (χ4n) is 2.36. The molecule has 17 heavy (non-hydrogen) atoms. The number of allylic oxidation sites excluding steroid dienone is 4. The van der Waals surface area contributed by atoms with Crippen molar-refractivity contribution in [1.82, 2.24) is 0 Å². The highest BCUT2D eigenvalue weighted by Gasteiger charge is 2.30. The molecule has 0 aliphatic heterocycles. The predicted molar refractivity (Wildman–Crippen MR) is 68.5 cm³/mol. The molecular formula is C15H20O2. The molecule has 0 heterocycles. The molecule has 2 nitrogen and oxygen atoms in total. The number of carbonyl (C=O) groups is 1. The van der Waals surface area contributed by atoms with Crippen molar-refractivity contribution >= 4 is 5.78 Å². The molecular weight excluding hydrogens is 212 g/mol. The molecule has 0 aromatic carbocycles. The van der Waals surface area contributed by atoms with Crippen molar-refractivity contribution in [2.24, 2.45) is 5.92 Å². The van der Waals surface area contributed by atoms with Crippen LogP contribution < -0.4 is 0 Å². The van der Waals surface area contributed by atoms with E-state index in [-0.39, 0.29) is 11.7 Å². The van der Waals surface area contributed by atoms with Crippen LogP contribution in [0.25, 0.3) is 0 Å². The molecule has 1 fully saturated rings. The molecule has 1 atom stereocenters. The van der Waals surface area contributed by atoms with Gasteiger partial charge in [0, 0.05) is 11.5 Å². The van der Waals surface area contributed by atoms with E-state index in [0.29, 0.717) is 6.61 Å². The van der Waals surface area contributed by atoms with Crippen molar-refractivity contribution in [2.45, 2.75) is 39.5 Å². The summed E-state index contributed by atoms with van der Waals surface area (Å²) >= 11 is 0. The maximum Gasteiger partial charge on any atom is 0.169 e. The topological polar surface area (TPSA) is 26.3 Å². The second-order valence-electron chi connectivity index (χ2n) is 4.98. The average Bonchev–Trinajstić information content (AvgIpc) is 2.26. The first-order chi connectivity index (χ1) is 8.18. The number of hydrogen-bond donors (Lipinski definition) is 0. The van der Waals surface area contributed by atoms with Crippen LogP contribution in [-0.4, -0.2) is 12.4 Å². The molecule has 0 aromatic rings. The maximum atomic E-state index is 12.0. The van der Waals surface area contributed by atoms with Gasteiger partial charge in [0.05, 0.1) is 6.61 Å². The highest BCUT2D eigenvalue weighted by atomic mass is 16.5. The van der Waals surface area contributed by atoms with E-state index in [4.69, 9.17) is 4.74 Å². The van der Waals surface area contributed by atoms with E-state index in [1.54, 1.807) is 0 Å². The summed E-state index contributed by atoms with van der Waals surface area (Å²) < 4.78 is 5.72. The second kappa shape index (κ2) is 5.35. The zero-order valence-corrected chi connectivity index (χ0v) is 10.7. The Morgan fingerprint density at radius 3 is 3.12 bits per heavy atom. The van der Waals surface area contributed by atoms with Crippen molar-refractivity contribution in [3.63, 3.8) is 0 Å². The molecule has 2 bridgehead atoms. The molecule has 0 saturated heterocycles. The van der Waals surface area contributed by atoms with Gasteiger partial charge in [0.2, 0.25) is 0 Å². The second-order valence-corrected chi connectivity index (χ2v) is 4.98. The zero-order valence-electron chi connectivity index (χ0n) is 10.7. The van der Waals surface area contributed by atoms with Crippen molar-refractivity contribution in [3.05, 3.63) is 35.1 Å². The molecule has 2 heteroatoms. The summed E-state index contributed by atoms with van der Waals surface area (Å²) in [5.74, 6) is 1.23. The summed E-state index contributed by atoms with van der Waals surface area (Å²) in [7, 11) is 0. The first kappa shape index (κ1) is 12.2. The third-order valence-electron chi connectivity index (χ3n) is 3.28. The SMILES string of the molecule is CC(C)=CCCOC1=C2CCCC(C=C1)C2=O. The van der Waals surface area contributed by atoms with Gasteiger partial charge in [-0.15, -0.1) is 0 Å². The number of carbonyl (C=O) groups excluding carboxylic acids is 1. The summed E-state index contributed by atoms with van der Waals surface area (Å²) in [5.41, 5.74) is 2.22. The smallest absolute Gasteiger partial charge is 0.169 e. The van der Waals surface area contributed by atoms with Gasteiger partial charge in [-0.2, -0.15) is 0 Å². The number of fused-ring (bicyclic) bond motifs is 2. The quantitative estimate of drug-likeness (QED) is 0.547. The average molecular weight is 232 g/mol. The van der Waals surface area contributed by atoms with Gasteiger partial charge >= 0.3 is 0 Å². The molecule has 1 unspecified atom stereocenters. The lowest BCUT2D eigenvalue weighted by molar-refractivity contribution is -0.119. The number of rotatable bonds is 4. The third-order valence-corrected chi connectivity index (χ3v) is 3.28. The van der Waals surface area contributed by atoms with Gasteiger partial charge in [0.15, 0.2) is 5.78 Å². The Labute approximate surface area is 103 Å². The lowest BCUT2D eigenvalue weighted by Crippen LogP contribution is -2.24. The summed E-state index contributed by atoms with van der Waals surface area (Å²) in [4.78, 5) is 12.0. The lowest BCUT2D eigenvalue weighted by Gasteiger charge is -2.25. The van der Waals surface area contributed by atoms with Crippen LogP contribution >= 0.6 is 0 Å². The van der Waals surface area contributed by atoms with Gasteiger partial charge in [-0.3, -0.25) is 4.79 Å². The lowest BCUT2D eigenvalue weighted by atomic mass is 9.80. The van der Waals surface area contributed by atoms with Crippen molar-refractivity contribution < 1.29 is 9.53 Å². The monoisotopic (exact) mass is 232 g/mol. The number of ether oxygens (including phenoxy) is 1. The van der Waals surface area contributed by atoms with E-state index >= 15 is 0 Å². The molecule has 0 amide bonds. The van der Waals surface area contributed by atoms with Crippen molar-refractivity contribution in [2.75, 3.05) is 6.61 Å². The number of hydrogen-bond acceptors (Lipinski definition) is 2. The predicted octanol–water partition coefficient (Wildman–Crippen LogP) is 3.55. The van der Waals surface area contributed by atoms with E-state index in [1.807, 2.05) is 12.2 Å². The van der Waals surface area contributed by atoms with Crippen LogP contribution in [0.3, 0.4) is 0 Å². The molecule has 0 N–H and O–H groups in total. The Morgan fingerprint density at radius 2 is 2.35 bits per heavy atom. The minimum Gasteiger partial charge on any atom is -0.493 e. The summed E-state index contributed by atoms with van der Waals surface area (Å²) in [6, 6.07) is 0. The Bertz CT molecular complexity index is 395. The van der Waals surface area contributed by atoms with E-state index in [0.717, 1.165) is 37.0 Å². The van der Waals surface area contributed by atoms with Gasteiger partial charge in [0.25, 0.3) is 0 Å². The number of ketones is 1. The zero-order chi connectivity index (χ0) is 12.3. The first-order valence-electron chi connectivity index (χ1n) is 6.40. The van der Waals surface area contributed by atoms with Gasteiger partial charge in [0.1, 0.15) is 5.76 Å².